The SMILES string of the molecule is Cn1ncc2c1CCCC2NC(=O)CC1(N)CCCCC1. The fraction of sp³-hybridized carbons (Fsp3) is 0.750. The quantitative estimate of drug-likeness (QED) is 0.894. The van der Waals surface area contributed by atoms with Gasteiger partial charge in [0.05, 0.1) is 12.2 Å². The second kappa shape index (κ2) is 5.79. The zero-order valence-electron chi connectivity index (χ0n) is 12.9. The van der Waals surface area contributed by atoms with E-state index >= 15 is 0 Å². The number of aryl methyl sites for hydroxylation is 1. The summed E-state index contributed by atoms with van der Waals surface area (Å²) in [6, 6.07) is 0.113. The molecule has 1 heterocycles. The summed E-state index contributed by atoms with van der Waals surface area (Å²) in [7, 11) is 1.97. The van der Waals surface area contributed by atoms with Crippen LogP contribution in [-0.4, -0.2) is 21.2 Å². The van der Waals surface area contributed by atoms with Gasteiger partial charge < -0.3 is 11.1 Å². The molecule has 116 valence electrons. The molecule has 0 aromatic carbocycles. The lowest BCUT2D eigenvalue weighted by Gasteiger charge is -2.33. The van der Waals surface area contributed by atoms with Crippen molar-refractivity contribution in [1.82, 2.24) is 15.1 Å². The zero-order chi connectivity index (χ0) is 14.9. The Morgan fingerprint density at radius 3 is 2.95 bits per heavy atom. The zero-order valence-corrected chi connectivity index (χ0v) is 12.9. The topological polar surface area (TPSA) is 72.9 Å². The van der Waals surface area contributed by atoms with Crippen molar-refractivity contribution in [2.75, 3.05) is 0 Å². The summed E-state index contributed by atoms with van der Waals surface area (Å²) in [5.41, 5.74) is 8.55. The minimum atomic E-state index is -0.283. The van der Waals surface area contributed by atoms with Gasteiger partial charge >= 0.3 is 0 Å². The predicted octanol–water partition coefficient (Wildman–Crippen LogP) is 1.97. The third kappa shape index (κ3) is 3.12. The summed E-state index contributed by atoms with van der Waals surface area (Å²) >= 11 is 0. The van der Waals surface area contributed by atoms with E-state index in [0.717, 1.165) is 44.9 Å². The van der Waals surface area contributed by atoms with E-state index in [4.69, 9.17) is 5.73 Å². The van der Waals surface area contributed by atoms with Crippen molar-refractivity contribution in [2.24, 2.45) is 12.8 Å². The van der Waals surface area contributed by atoms with Gasteiger partial charge in [0.25, 0.3) is 0 Å². The van der Waals surface area contributed by atoms with Crippen LogP contribution in [0.25, 0.3) is 0 Å². The van der Waals surface area contributed by atoms with Gasteiger partial charge in [0.15, 0.2) is 0 Å². The number of hydrogen-bond acceptors (Lipinski definition) is 3. The molecular formula is C16H26N4O. The highest BCUT2D eigenvalue weighted by Crippen LogP contribution is 2.31. The van der Waals surface area contributed by atoms with Crippen molar-refractivity contribution in [1.29, 1.82) is 0 Å². The Hall–Kier alpha value is -1.36. The fourth-order valence-corrected chi connectivity index (χ4v) is 3.85. The van der Waals surface area contributed by atoms with Gasteiger partial charge in [-0.05, 0) is 32.1 Å². The number of aromatic nitrogens is 2. The van der Waals surface area contributed by atoms with E-state index < -0.39 is 0 Å². The van der Waals surface area contributed by atoms with Crippen molar-refractivity contribution >= 4 is 5.91 Å². The molecule has 0 aliphatic heterocycles. The molecule has 3 N–H and O–H groups in total. The van der Waals surface area contributed by atoms with Crippen LogP contribution in [0.2, 0.25) is 0 Å². The molecule has 0 radical (unpaired) electrons. The first-order valence-electron chi connectivity index (χ1n) is 8.16. The number of nitrogens with zero attached hydrogens (tertiary/aromatic N) is 2. The lowest BCUT2D eigenvalue weighted by molar-refractivity contribution is -0.123. The van der Waals surface area contributed by atoms with Gasteiger partial charge in [0.2, 0.25) is 5.91 Å². The van der Waals surface area contributed by atoms with Crippen molar-refractivity contribution in [3.05, 3.63) is 17.5 Å². The van der Waals surface area contributed by atoms with Crippen molar-refractivity contribution in [3.8, 4) is 0 Å². The summed E-state index contributed by atoms with van der Waals surface area (Å²) in [4.78, 5) is 12.4. The van der Waals surface area contributed by atoms with Gasteiger partial charge in [-0.15, -0.1) is 0 Å². The Morgan fingerprint density at radius 2 is 2.19 bits per heavy atom. The summed E-state index contributed by atoms with van der Waals surface area (Å²) in [5.74, 6) is 0.0982. The van der Waals surface area contributed by atoms with E-state index in [0.29, 0.717) is 6.42 Å². The first-order chi connectivity index (χ1) is 10.1. The number of nitrogens with one attached hydrogen (secondary N) is 1. The van der Waals surface area contributed by atoms with Crippen LogP contribution in [0.1, 0.15) is 68.7 Å². The Kier molecular flexibility index (Phi) is 4.02. The number of fused-ring (bicyclic) bond motifs is 1. The number of amides is 1. The minimum Gasteiger partial charge on any atom is -0.349 e. The molecule has 21 heavy (non-hydrogen) atoms. The van der Waals surface area contributed by atoms with Crippen LogP contribution in [-0.2, 0) is 18.3 Å². The molecule has 5 nitrogen and oxygen atoms in total. The van der Waals surface area contributed by atoms with Crippen LogP contribution in [0.5, 0.6) is 0 Å². The summed E-state index contributed by atoms with van der Waals surface area (Å²) in [6.45, 7) is 0. The molecule has 2 aliphatic rings. The van der Waals surface area contributed by atoms with Crippen LogP contribution in [0.4, 0.5) is 0 Å². The van der Waals surface area contributed by atoms with E-state index in [-0.39, 0.29) is 17.5 Å². The molecule has 3 rings (SSSR count). The Labute approximate surface area is 126 Å². The van der Waals surface area contributed by atoms with E-state index in [9.17, 15) is 4.79 Å². The molecule has 5 heteroatoms. The molecular weight excluding hydrogens is 264 g/mol. The largest absolute Gasteiger partial charge is 0.349 e. The van der Waals surface area contributed by atoms with Gasteiger partial charge in [-0.25, -0.2) is 0 Å². The van der Waals surface area contributed by atoms with E-state index in [2.05, 4.69) is 10.4 Å². The molecule has 0 saturated heterocycles. The lowest BCUT2D eigenvalue weighted by Crippen LogP contribution is -2.46. The molecule has 1 unspecified atom stereocenters. The monoisotopic (exact) mass is 290 g/mol. The second-order valence-electron chi connectivity index (χ2n) is 6.78. The molecule has 0 spiro atoms. The summed E-state index contributed by atoms with van der Waals surface area (Å²) in [5, 5.41) is 7.51. The van der Waals surface area contributed by atoms with Crippen LogP contribution in [0.3, 0.4) is 0 Å². The number of rotatable bonds is 3. The fourth-order valence-electron chi connectivity index (χ4n) is 3.85. The van der Waals surface area contributed by atoms with Gasteiger partial charge in [0, 0.05) is 30.3 Å². The molecule has 1 aromatic rings. The van der Waals surface area contributed by atoms with E-state index in [1.165, 1.54) is 17.7 Å². The van der Waals surface area contributed by atoms with Gasteiger partial charge in [-0.3, -0.25) is 9.48 Å². The van der Waals surface area contributed by atoms with Crippen LogP contribution in [0, 0.1) is 0 Å². The summed E-state index contributed by atoms with van der Waals surface area (Å²) in [6.07, 6.45) is 11.0. The standard InChI is InChI=1S/C16H26N4O/c1-20-14-7-5-6-13(12(14)11-18-20)19-15(21)10-16(17)8-3-2-4-9-16/h11,13H,2-10,17H2,1H3,(H,19,21). The highest BCUT2D eigenvalue weighted by atomic mass is 16.1. The number of carbonyl (C=O) groups excluding carboxylic acids is 1. The van der Waals surface area contributed by atoms with Crippen LogP contribution < -0.4 is 11.1 Å². The van der Waals surface area contributed by atoms with E-state index in [1.54, 1.807) is 0 Å². The third-order valence-corrected chi connectivity index (χ3v) is 5.07. The molecule has 1 saturated carbocycles. The molecule has 1 atom stereocenters. The first-order valence-corrected chi connectivity index (χ1v) is 8.16. The molecule has 2 aliphatic carbocycles. The van der Waals surface area contributed by atoms with Gasteiger partial charge in [0.1, 0.15) is 0 Å². The lowest BCUT2D eigenvalue weighted by atomic mass is 9.80. The second-order valence-corrected chi connectivity index (χ2v) is 6.78. The normalized spacial score (nSPS) is 24.4. The van der Waals surface area contributed by atoms with Crippen LogP contribution in [0.15, 0.2) is 6.20 Å². The van der Waals surface area contributed by atoms with Crippen LogP contribution >= 0.6 is 0 Å². The number of nitrogens with two attached hydrogens (primary N) is 1. The Morgan fingerprint density at radius 1 is 1.43 bits per heavy atom. The molecule has 0 bridgehead atoms. The van der Waals surface area contributed by atoms with E-state index in [1.807, 2.05) is 17.9 Å². The number of carbonyl (C=O) groups is 1. The Balaban J connectivity index is 1.63. The first kappa shape index (κ1) is 14.6. The maximum Gasteiger partial charge on any atom is 0.222 e. The third-order valence-electron chi connectivity index (χ3n) is 5.07. The van der Waals surface area contributed by atoms with Crippen molar-refractivity contribution in [2.45, 2.75) is 69.4 Å². The minimum absolute atomic E-state index is 0.0982. The average molecular weight is 290 g/mol. The molecule has 1 amide bonds. The van der Waals surface area contributed by atoms with Gasteiger partial charge in [-0.2, -0.15) is 5.10 Å². The predicted molar refractivity (Wildman–Crippen MR) is 81.7 cm³/mol. The van der Waals surface area contributed by atoms with Gasteiger partial charge in [-0.1, -0.05) is 19.3 Å². The summed E-state index contributed by atoms with van der Waals surface area (Å²) < 4.78 is 1.93. The molecule has 1 aromatic heterocycles. The Bertz CT molecular complexity index is 516. The smallest absolute Gasteiger partial charge is 0.222 e. The van der Waals surface area contributed by atoms with Crippen molar-refractivity contribution < 1.29 is 4.79 Å². The highest BCUT2D eigenvalue weighted by molar-refractivity contribution is 5.77. The maximum absolute atomic E-state index is 12.4. The average Bonchev–Trinajstić information content (AvgIpc) is 2.82. The maximum atomic E-state index is 12.4. The highest BCUT2D eigenvalue weighted by Gasteiger charge is 2.32. The number of hydrogen-bond donors (Lipinski definition) is 2. The van der Waals surface area contributed by atoms with Crippen molar-refractivity contribution in [3.63, 3.8) is 0 Å². The molecule has 1 fully saturated rings.